The molecular formula is C15H22Cl2N2OS. The van der Waals surface area contributed by atoms with Gasteiger partial charge in [-0.05, 0) is 44.0 Å². The van der Waals surface area contributed by atoms with E-state index in [1.54, 1.807) is 11.8 Å². The average Bonchev–Trinajstić information content (AvgIpc) is 2.38. The quantitative estimate of drug-likeness (QED) is 0.857. The Labute approximate surface area is 142 Å². The first kappa shape index (κ1) is 18.6. The predicted molar refractivity (Wildman–Crippen MR) is 93.5 cm³/mol. The Morgan fingerprint density at radius 1 is 1.52 bits per heavy atom. The molecule has 0 aromatic heterocycles. The summed E-state index contributed by atoms with van der Waals surface area (Å²) >= 11 is 7.56. The van der Waals surface area contributed by atoms with Crippen molar-refractivity contribution in [3.63, 3.8) is 0 Å². The van der Waals surface area contributed by atoms with E-state index in [9.17, 15) is 4.79 Å². The van der Waals surface area contributed by atoms with Crippen molar-refractivity contribution in [2.75, 3.05) is 12.3 Å². The molecule has 3 nitrogen and oxygen atoms in total. The molecule has 0 aliphatic carbocycles. The summed E-state index contributed by atoms with van der Waals surface area (Å²) in [4.78, 5) is 11.9. The molecule has 1 aliphatic rings. The molecule has 2 atom stereocenters. The monoisotopic (exact) mass is 348 g/mol. The van der Waals surface area contributed by atoms with Crippen molar-refractivity contribution >= 4 is 41.7 Å². The van der Waals surface area contributed by atoms with E-state index in [1.165, 1.54) is 0 Å². The van der Waals surface area contributed by atoms with Gasteiger partial charge in [0, 0.05) is 22.9 Å². The number of thioether (sulfide) groups is 1. The second-order valence-electron chi connectivity index (χ2n) is 5.27. The molecule has 0 radical (unpaired) electrons. The minimum absolute atomic E-state index is 0. The summed E-state index contributed by atoms with van der Waals surface area (Å²) in [6, 6.07) is 8.60. The first-order valence-corrected chi connectivity index (χ1v) is 8.51. The molecule has 1 heterocycles. The third kappa shape index (κ3) is 6.92. The minimum atomic E-state index is 0. The second kappa shape index (κ2) is 9.57. The van der Waals surface area contributed by atoms with E-state index in [1.807, 2.05) is 24.3 Å². The van der Waals surface area contributed by atoms with Gasteiger partial charge in [0.15, 0.2) is 0 Å². The Morgan fingerprint density at radius 3 is 3.05 bits per heavy atom. The van der Waals surface area contributed by atoms with Crippen LogP contribution in [0.2, 0.25) is 5.02 Å². The van der Waals surface area contributed by atoms with Gasteiger partial charge in [0.05, 0.1) is 5.75 Å². The van der Waals surface area contributed by atoms with Gasteiger partial charge in [0.2, 0.25) is 5.91 Å². The summed E-state index contributed by atoms with van der Waals surface area (Å²) in [5, 5.41) is 7.25. The number of hydrogen-bond acceptors (Lipinski definition) is 3. The van der Waals surface area contributed by atoms with Crippen LogP contribution in [0.5, 0.6) is 0 Å². The van der Waals surface area contributed by atoms with Crippen molar-refractivity contribution in [2.45, 2.75) is 37.6 Å². The Balaban J connectivity index is 0.00000220. The number of rotatable bonds is 5. The van der Waals surface area contributed by atoms with Gasteiger partial charge in [-0.3, -0.25) is 4.79 Å². The zero-order valence-electron chi connectivity index (χ0n) is 12.1. The van der Waals surface area contributed by atoms with Gasteiger partial charge in [-0.25, -0.2) is 0 Å². The molecule has 0 bridgehead atoms. The largest absolute Gasteiger partial charge is 0.353 e. The average molecular weight is 349 g/mol. The van der Waals surface area contributed by atoms with Crippen LogP contribution in [0.4, 0.5) is 0 Å². The molecule has 1 aromatic carbocycles. The Bertz CT molecular complexity index is 459. The third-order valence-electron chi connectivity index (χ3n) is 3.38. The van der Waals surface area contributed by atoms with E-state index in [4.69, 9.17) is 11.6 Å². The van der Waals surface area contributed by atoms with Crippen LogP contribution in [-0.4, -0.2) is 30.3 Å². The van der Waals surface area contributed by atoms with Gasteiger partial charge in [0.1, 0.15) is 0 Å². The van der Waals surface area contributed by atoms with Crippen LogP contribution in [0.25, 0.3) is 0 Å². The highest BCUT2D eigenvalue weighted by molar-refractivity contribution is 7.99. The molecule has 1 amide bonds. The zero-order chi connectivity index (χ0) is 14.4. The molecule has 21 heavy (non-hydrogen) atoms. The van der Waals surface area contributed by atoms with E-state index in [2.05, 4.69) is 17.6 Å². The molecule has 2 N–H and O–H groups in total. The van der Waals surface area contributed by atoms with Gasteiger partial charge in [-0.15, -0.1) is 24.2 Å². The molecule has 1 fully saturated rings. The van der Waals surface area contributed by atoms with Crippen molar-refractivity contribution in [3.05, 3.63) is 34.9 Å². The standard InChI is InChI=1S/C15H21ClN2OS.ClH/c1-11-7-14(5-6-17-11)18-15(19)10-20-9-12-3-2-4-13(16)8-12;/h2-4,8,11,14,17H,5-7,9-10H2,1H3,(H,18,19);1H. The van der Waals surface area contributed by atoms with Gasteiger partial charge >= 0.3 is 0 Å². The van der Waals surface area contributed by atoms with Crippen LogP contribution in [0, 0.1) is 0 Å². The molecular weight excluding hydrogens is 327 g/mol. The number of nitrogens with one attached hydrogen (secondary N) is 2. The zero-order valence-corrected chi connectivity index (χ0v) is 14.5. The highest BCUT2D eigenvalue weighted by atomic mass is 35.5. The SMILES string of the molecule is CC1CC(NC(=O)CSCc2cccc(Cl)c2)CCN1.Cl. The number of carbonyl (C=O) groups is 1. The van der Waals surface area contributed by atoms with E-state index in [-0.39, 0.29) is 18.3 Å². The smallest absolute Gasteiger partial charge is 0.230 e. The maximum atomic E-state index is 11.9. The summed E-state index contributed by atoms with van der Waals surface area (Å²) in [7, 11) is 0. The summed E-state index contributed by atoms with van der Waals surface area (Å²) < 4.78 is 0. The van der Waals surface area contributed by atoms with Gasteiger partial charge in [0.25, 0.3) is 0 Å². The lowest BCUT2D eigenvalue weighted by atomic mass is 10.0. The number of carbonyl (C=O) groups excluding carboxylic acids is 1. The van der Waals surface area contributed by atoms with Crippen LogP contribution in [-0.2, 0) is 10.5 Å². The number of benzene rings is 1. The van der Waals surface area contributed by atoms with Crippen LogP contribution in [0.15, 0.2) is 24.3 Å². The van der Waals surface area contributed by atoms with Gasteiger partial charge in [-0.1, -0.05) is 23.7 Å². The summed E-state index contributed by atoms with van der Waals surface area (Å²) in [6.45, 7) is 3.15. The van der Waals surface area contributed by atoms with Crippen molar-refractivity contribution < 1.29 is 4.79 Å². The maximum absolute atomic E-state index is 11.9. The van der Waals surface area contributed by atoms with E-state index >= 15 is 0 Å². The molecule has 2 unspecified atom stereocenters. The molecule has 118 valence electrons. The second-order valence-corrected chi connectivity index (χ2v) is 6.69. The van der Waals surface area contributed by atoms with Gasteiger partial charge < -0.3 is 10.6 Å². The topological polar surface area (TPSA) is 41.1 Å². The summed E-state index contributed by atoms with van der Waals surface area (Å²) in [5.74, 6) is 1.46. The van der Waals surface area contributed by atoms with Crippen LogP contribution in [0.1, 0.15) is 25.3 Å². The number of halogens is 2. The van der Waals surface area contributed by atoms with Crippen LogP contribution >= 0.6 is 35.8 Å². The molecule has 1 aliphatic heterocycles. The lowest BCUT2D eigenvalue weighted by Gasteiger charge is -2.28. The lowest BCUT2D eigenvalue weighted by Crippen LogP contribution is -2.47. The maximum Gasteiger partial charge on any atom is 0.230 e. The van der Waals surface area contributed by atoms with Crippen LogP contribution < -0.4 is 10.6 Å². The Kier molecular flexibility index (Phi) is 8.49. The van der Waals surface area contributed by atoms with Crippen LogP contribution in [0.3, 0.4) is 0 Å². The molecule has 1 saturated heterocycles. The first-order chi connectivity index (χ1) is 9.63. The molecule has 6 heteroatoms. The molecule has 0 spiro atoms. The number of amides is 1. The van der Waals surface area contributed by atoms with Gasteiger partial charge in [-0.2, -0.15) is 0 Å². The van der Waals surface area contributed by atoms with E-state index in [0.717, 1.165) is 35.7 Å². The van der Waals surface area contributed by atoms with Crippen molar-refractivity contribution in [1.29, 1.82) is 0 Å². The normalized spacial score (nSPS) is 21.4. The molecule has 1 aromatic rings. The third-order valence-corrected chi connectivity index (χ3v) is 4.62. The number of hydrogen-bond donors (Lipinski definition) is 2. The van der Waals surface area contributed by atoms with E-state index in [0.29, 0.717) is 17.8 Å². The number of piperidine rings is 1. The fraction of sp³-hybridized carbons (Fsp3) is 0.533. The predicted octanol–water partition coefficient (Wildman–Crippen LogP) is 3.25. The minimum Gasteiger partial charge on any atom is -0.353 e. The van der Waals surface area contributed by atoms with Crippen molar-refractivity contribution in [2.24, 2.45) is 0 Å². The summed E-state index contributed by atoms with van der Waals surface area (Å²) in [5.41, 5.74) is 1.16. The van der Waals surface area contributed by atoms with E-state index < -0.39 is 0 Å². The Morgan fingerprint density at radius 2 is 2.33 bits per heavy atom. The lowest BCUT2D eigenvalue weighted by molar-refractivity contribution is -0.119. The van der Waals surface area contributed by atoms with Crippen molar-refractivity contribution in [1.82, 2.24) is 10.6 Å². The first-order valence-electron chi connectivity index (χ1n) is 6.98. The fourth-order valence-electron chi connectivity index (χ4n) is 2.42. The highest BCUT2D eigenvalue weighted by Crippen LogP contribution is 2.16. The van der Waals surface area contributed by atoms with Crippen molar-refractivity contribution in [3.8, 4) is 0 Å². The highest BCUT2D eigenvalue weighted by Gasteiger charge is 2.19. The molecule has 0 saturated carbocycles. The Hall–Kier alpha value is -0.420. The summed E-state index contributed by atoms with van der Waals surface area (Å²) in [6.07, 6.45) is 2.04. The fourth-order valence-corrected chi connectivity index (χ4v) is 3.42. The molecule has 2 rings (SSSR count).